The number of hydrogen-bond acceptors (Lipinski definition) is 17. The molecule has 54 heavy (non-hydrogen) atoms. The predicted octanol–water partition coefficient (Wildman–Crippen LogP) is 2.83. The molecule has 1 N–H and O–H groups in total. The second kappa shape index (κ2) is 18.5. The molecule has 0 bridgehead atoms. The van der Waals surface area contributed by atoms with Gasteiger partial charge in [0.15, 0.2) is 30.7 Å². The summed E-state index contributed by atoms with van der Waals surface area (Å²) in [7, 11) is -1.17. The fourth-order valence-corrected chi connectivity index (χ4v) is 6.78. The van der Waals surface area contributed by atoms with Crippen LogP contribution in [0.1, 0.15) is 73.5 Å². The van der Waals surface area contributed by atoms with E-state index < -0.39 is 118 Å². The topological polar surface area (TPSA) is 215 Å². The largest absolute Gasteiger partial charge is 0.543 e. The van der Waals surface area contributed by atoms with Crippen molar-refractivity contribution < 1.29 is 80.9 Å². The van der Waals surface area contributed by atoms with Gasteiger partial charge < -0.3 is 52.2 Å². The molecule has 1 aromatic carbocycles. The number of carbonyl (C=O) groups is 6. The zero-order valence-corrected chi connectivity index (χ0v) is 33.5. The van der Waals surface area contributed by atoms with E-state index in [4.69, 9.17) is 47.1 Å². The summed E-state index contributed by atoms with van der Waals surface area (Å²) in [5.74, 6) is -4.40. The maximum absolute atomic E-state index is 12.7. The Morgan fingerprint density at radius 3 is 1.80 bits per heavy atom. The SMILES string of the molecule is COC(=O)C[C@H]1OC(c2cccc(O[Si](C)(C)C(C)(C)C)c2)[C@@H](O)[C@@H](O[C@H]2O[C@H](COC(C)=O)[C@@H](OC(C)=O)[C@@H](OC(C)=O)[C@H]2OC(C)=O)[C@@H]1OC(C)=O. The van der Waals surface area contributed by atoms with E-state index in [0.29, 0.717) is 11.3 Å². The Morgan fingerprint density at radius 2 is 1.28 bits per heavy atom. The van der Waals surface area contributed by atoms with Gasteiger partial charge in [-0.25, -0.2) is 0 Å². The quantitative estimate of drug-likeness (QED) is 0.173. The molecule has 18 heteroatoms. The van der Waals surface area contributed by atoms with Crippen LogP contribution in [-0.4, -0.2) is 118 Å². The minimum atomic E-state index is -2.33. The molecule has 0 aromatic heterocycles. The highest BCUT2D eigenvalue weighted by Gasteiger charge is 2.57. The molecule has 0 amide bonds. The van der Waals surface area contributed by atoms with Crippen LogP contribution in [0, 0.1) is 0 Å². The zero-order valence-electron chi connectivity index (χ0n) is 32.5. The molecule has 1 unspecified atom stereocenters. The van der Waals surface area contributed by atoms with E-state index in [1.54, 1.807) is 24.3 Å². The van der Waals surface area contributed by atoms with Crippen molar-refractivity contribution in [1.82, 2.24) is 0 Å². The molecular weight excluding hydrogens is 732 g/mol. The molecule has 0 aliphatic carbocycles. The van der Waals surface area contributed by atoms with Gasteiger partial charge in [0, 0.05) is 34.6 Å². The molecule has 2 aliphatic rings. The summed E-state index contributed by atoms with van der Waals surface area (Å²) < 4.78 is 57.4. The number of hydrogen-bond donors (Lipinski definition) is 1. The van der Waals surface area contributed by atoms with Crippen molar-refractivity contribution in [2.45, 2.75) is 141 Å². The van der Waals surface area contributed by atoms with Gasteiger partial charge in [0.2, 0.25) is 8.32 Å². The van der Waals surface area contributed by atoms with Crippen LogP contribution in [0.2, 0.25) is 18.1 Å². The molecule has 17 nitrogen and oxygen atoms in total. The molecule has 2 fully saturated rings. The fourth-order valence-electron chi connectivity index (χ4n) is 5.76. The normalized spacial score (nSPS) is 28.5. The minimum absolute atomic E-state index is 0.143. The Balaban J connectivity index is 2.18. The number of esters is 6. The van der Waals surface area contributed by atoms with Gasteiger partial charge in [0.05, 0.1) is 13.5 Å². The number of methoxy groups -OCH3 is 1. The summed E-state index contributed by atoms with van der Waals surface area (Å²) in [5, 5.41) is 11.9. The van der Waals surface area contributed by atoms with Gasteiger partial charge in [-0.2, -0.15) is 0 Å². The summed E-state index contributed by atoms with van der Waals surface area (Å²) in [6, 6.07) is 6.81. The Morgan fingerprint density at radius 1 is 0.741 bits per heavy atom. The minimum Gasteiger partial charge on any atom is -0.543 e. The highest BCUT2D eigenvalue weighted by Crippen LogP contribution is 2.42. The molecule has 2 aliphatic heterocycles. The zero-order chi connectivity index (χ0) is 40.7. The first-order valence-corrected chi connectivity index (χ1v) is 20.3. The number of benzene rings is 1. The first kappa shape index (κ1) is 44.3. The number of carbonyl (C=O) groups excluding carboxylic acids is 6. The molecule has 2 heterocycles. The van der Waals surface area contributed by atoms with Gasteiger partial charge in [0.25, 0.3) is 0 Å². The first-order valence-electron chi connectivity index (χ1n) is 17.4. The molecule has 1 aromatic rings. The third-order valence-corrected chi connectivity index (χ3v) is 13.5. The number of ether oxygens (including phenoxy) is 9. The molecule has 10 atom stereocenters. The summed E-state index contributed by atoms with van der Waals surface area (Å²) in [4.78, 5) is 74.1. The van der Waals surface area contributed by atoms with E-state index in [1.165, 1.54) is 0 Å². The van der Waals surface area contributed by atoms with Crippen LogP contribution in [0.25, 0.3) is 0 Å². The van der Waals surface area contributed by atoms with Gasteiger partial charge in [-0.15, -0.1) is 0 Å². The third-order valence-electron chi connectivity index (χ3n) is 9.16. The molecule has 0 saturated carbocycles. The van der Waals surface area contributed by atoms with Gasteiger partial charge in [-0.05, 0) is 35.8 Å². The van der Waals surface area contributed by atoms with Crippen molar-refractivity contribution >= 4 is 44.1 Å². The molecule has 3 rings (SSSR count). The molecule has 0 radical (unpaired) electrons. The lowest BCUT2D eigenvalue weighted by molar-refractivity contribution is -0.344. The van der Waals surface area contributed by atoms with E-state index in [0.717, 1.165) is 41.7 Å². The fraction of sp³-hybridized carbons (Fsp3) is 0.667. The first-order chi connectivity index (χ1) is 25.0. The summed E-state index contributed by atoms with van der Waals surface area (Å²) in [5.41, 5.74) is 0.407. The van der Waals surface area contributed by atoms with Crippen molar-refractivity contribution in [2.24, 2.45) is 0 Å². The monoisotopic (exact) mass is 784 g/mol. The summed E-state index contributed by atoms with van der Waals surface area (Å²) in [6.45, 7) is 15.3. The predicted molar refractivity (Wildman–Crippen MR) is 187 cm³/mol. The molecular formula is C36H52O17Si. The van der Waals surface area contributed by atoms with Gasteiger partial charge in [0.1, 0.15) is 42.9 Å². The number of rotatable bonds is 13. The van der Waals surface area contributed by atoms with E-state index in [-0.39, 0.29) is 5.04 Å². The number of aliphatic hydroxyl groups excluding tert-OH is 1. The van der Waals surface area contributed by atoms with Crippen LogP contribution in [0.3, 0.4) is 0 Å². The third kappa shape index (κ3) is 11.7. The lowest BCUT2D eigenvalue weighted by Gasteiger charge is -2.48. The van der Waals surface area contributed by atoms with Crippen molar-refractivity contribution in [3.8, 4) is 5.75 Å². The lowest BCUT2D eigenvalue weighted by atomic mass is 9.89. The maximum Gasteiger partial charge on any atom is 0.308 e. The highest BCUT2D eigenvalue weighted by atomic mass is 28.4. The highest BCUT2D eigenvalue weighted by molar-refractivity contribution is 6.74. The molecule has 2 saturated heterocycles. The van der Waals surface area contributed by atoms with Gasteiger partial charge in [-0.3, -0.25) is 28.8 Å². The Bertz CT molecular complexity index is 1520. The average Bonchev–Trinajstić information content (AvgIpc) is 3.04. The smallest absolute Gasteiger partial charge is 0.308 e. The van der Waals surface area contributed by atoms with Crippen LogP contribution >= 0.6 is 0 Å². The number of aliphatic hydroxyl groups is 1. The van der Waals surface area contributed by atoms with E-state index in [2.05, 4.69) is 33.9 Å². The van der Waals surface area contributed by atoms with Gasteiger partial charge >= 0.3 is 35.8 Å². The standard InChI is InChI=1S/C36H52O17Si/c1-18(37)45-17-26-31(47-20(3)39)33(48-21(4)40)34(49-22(5)41)35(51-26)52-32-28(43)29(50-25(16-27(42)44-9)30(32)46-19(2)38)23-13-12-14-24(15-23)53-54(10,11)36(6,7)8/h12-15,25-26,28-35,43H,16-17H2,1-11H3/t25-,26-,28-,29?,30-,31-,32-,33-,34-,35-/m1/s1. The van der Waals surface area contributed by atoms with Crippen LogP contribution < -0.4 is 4.43 Å². The molecule has 302 valence electrons. The summed E-state index contributed by atoms with van der Waals surface area (Å²) >= 11 is 0. The van der Waals surface area contributed by atoms with Crippen molar-refractivity contribution in [3.63, 3.8) is 0 Å². The van der Waals surface area contributed by atoms with Crippen molar-refractivity contribution in [1.29, 1.82) is 0 Å². The second-order valence-electron chi connectivity index (χ2n) is 14.5. The lowest BCUT2D eigenvalue weighted by Crippen LogP contribution is -2.65. The van der Waals surface area contributed by atoms with Crippen LogP contribution in [0.15, 0.2) is 24.3 Å². The second-order valence-corrected chi connectivity index (χ2v) is 19.3. The van der Waals surface area contributed by atoms with Gasteiger partial charge in [-0.1, -0.05) is 32.9 Å². The Labute approximate surface area is 315 Å². The summed E-state index contributed by atoms with van der Waals surface area (Å²) in [6.07, 6.45) is -15.7. The average molecular weight is 785 g/mol. The Kier molecular flexibility index (Phi) is 15.2. The van der Waals surface area contributed by atoms with E-state index in [9.17, 15) is 33.9 Å². The Hall–Kier alpha value is -4.10. The van der Waals surface area contributed by atoms with Crippen LogP contribution in [0.5, 0.6) is 5.75 Å². The maximum atomic E-state index is 12.7. The van der Waals surface area contributed by atoms with Crippen molar-refractivity contribution in [2.75, 3.05) is 13.7 Å². The van der Waals surface area contributed by atoms with E-state index >= 15 is 0 Å². The molecule has 0 spiro atoms. The van der Waals surface area contributed by atoms with Crippen LogP contribution in [0.4, 0.5) is 0 Å². The van der Waals surface area contributed by atoms with Crippen molar-refractivity contribution in [3.05, 3.63) is 29.8 Å². The van der Waals surface area contributed by atoms with E-state index in [1.807, 2.05) is 0 Å². The van der Waals surface area contributed by atoms with Crippen LogP contribution in [-0.2, 0) is 71.4 Å².